The van der Waals surface area contributed by atoms with Gasteiger partial charge in [-0.1, -0.05) is 46.6 Å². The second kappa shape index (κ2) is 17.1. The number of ketones is 2. The summed E-state index contributed by atoms with van der Waals surface area (Å²) >= 11 is 4.44. The standard InChI is InChI=1S/C43H51BrFN3O11S/c1-40-12-11-27(51)15-25(40)4-7-29-30-16-35-43(34(53)22-50,41(30,2)17-33(52)42(29,40)45)59-39(58-35)32-9-6-28(60-32)14-23-3-8-31(24(13-23)21-49)46-19-26(5-10-38(56)57)48-37(55)20-47-36(54)18-44/h3,6,8-9,11-13,15,26,29-30,33,35,39,46,49-50,52H,4-5,7,10,14,16-22H2,1-2H3,(H,47,54)(H,48,55)(H,56,57)/t26-,29-,30-,33-,35+,39+,40-,41-,42-,43+/m0/s1. The van der Waals surface area contributed by atoms with E-state index < -0.39 is 82.7 Å². The number of alkyl halides is 2. The predicted octanol–water partition coefficient (Wildman–Crippen LogP) is 3.80. The molecule has 1 aromatic heterocycles. The van der Waals surface area contributed by atoms with Gasteiger partial charge in [0.2, 0.25) is 11.8 Å². The SMILES string of the molecule is C[C@]12C=CC(=O)C=C1CC[C@H]1[C@@H]3C[C@H]4O[C@@H](c5ccc(Cc6ccc(NC[C@H](CCC(=O)O)NC(=O)CNC(=O)CBr)c(CO)c6)s5)O[C@@]4(C(=O)CO)[C@@]3(C)C[C@H](O)[C@@]12F. The maximum atomic E-state index is 17.7. The zero-order chi connectivity index (χ0) is 43.2. The number of amides is 2. The molecule has 1 saturated heterocycles. The van der Waals surface area contributed by atoms with Crippen LogP contribution >= 0.6 is 27.3 Å². The molecule has 0 spiro atoms. The number of aliphatic hydroxyl groups excluding tert-OH is 3. The molecule has 14 nitrogen and oxygen atoms in total. The molecule has 1 aromatic carbocycles. The molecule has 1 aliphatic heterocycles. The quantitative estimate of drug-likeness (QED) is 0.120. The molecule has 10 atom stereocenters. The van der Waals surface area contributed by atoms with Gasteiger partial charge < -0.3 is 45.9 Å². The van der Waals surface area contributed by atoms with Gasteiger partial charge in [-0.25, -0.2) is 4.39 Å². The molecule has 7 rings (SSSR count). The number of ether oxygens (including phenoxy) is 2. The highest BCUT2D eigenvalue weighted by molar-refractivity contribution is 9.09. The maximum absolute atomic E-state index is 17.7. The zero-order valence-electron chi connectivity index (χ0n) is 33.4. The van der Waals surface area contributed by atoms with Crippen LogP contribution in [-0.4, -0.2) is 104 Å². The zero-order valence-corrected chi connectivity index (χ0v) is 35.8. The number of benzene rings is 1. The van der Waals surface area contributed by atoms with Crippen LogP contribution in [0.5, 0.6) is 0 Å². The summed E-state index contributed by atoms with van der Waals surface area (Å²) in [5, 5.41) is 50.1. The molecule has 5 aliphatic rings. The minimum atomic E-state index is -2.09. The first-order chi connectivity index (χ1) is 28.5. The van der Waals surface area contributed by atoms with Crippen molar-refractivity contribution in [3.05, 3.63) is 75.0 Å². The lowest BCUT2D eigenvalue weighted by Crippen LogP contribution is -2.69. The Balaban J connectivity index is 1.04. The van der Waals surface area contributed by atoms with Gasteiger partial charge in [0.25, 0.3) is 0 Å². The van der Waals surface area contributed by atoms with Crippen molar-refractivity contribution in [1.82, 2.24) is 10.6 Å². The van der Waals surface area contributed by atoms with Crippen LogP contribution in [0.3, 0.4) is 0 Å². The van der Waals surface area contributed by atoms with Gasteiger partial charge in [-0.3, -0.25) is 24.0 Å². The summed E-state index contributed by atoms with van der Waals surface area (Å²) in [6.07, 6.45) is 2.69. The molecular weight excluding hydrogens is 865 g/mol. The molecule has 17 heteroatoms. The number of halogens is 2. The third-order valence-corrected chi connectivity index (χ3v) is 15.4. The van der Waals surface area contributed by atoms with E-state index in [1.54, 1.807) is 19.1 Å². The van der Waals surface area contributed by atoms with Crippen LogP contribution in [0, 0.1) is 22.7 Å². The lowest BCUT2D eigenvalue weighted by atomic mass is 9.44. The van der Waals surface area contributed by atoms with Gasteiger partial charge in [0.1, 0.15) is 6.61 Å². The Morgan fingerprint density at radius 2 is 1.88 bits per heavy atom. The first-order valence-corrected chi connectivity index (χ1v) is 22.1. The first kappa shape index (κ1) is 44.2. The van der Waals surface area contributed by atoms with E-state index in [1.165, 1.54) is 23.5 Å². The highest BCUT2D eigenvalue weighted by Gasteiger charge is 2.79. The summed E-state index contributed by atoms with van der Waals surface area (Å²) in [6, 6.07) is 8.73. The van der Waals surface area contributed by atoms with Crippen molar-refractivity contribution in [2.75, 3.05) is 30.3 Å². The number of anilines is 1. The Labute approximate surface area is 359 Å². The van der Waals surface area contributed by atoms with Crippen LogP contribution in [-0.2, 0) is 46.5 Å². The van der Waals surface area contributed by atoms with Gasteiger partial charge in [-0.2, -0.15) is 0 Å². The summed E-state index contributed by atoms with van der Waals surface area (Å²) in [5.41, 5.74) is -3.26. The van der Waals surface area contributed by atoms with Crippen molar-refractivity contribution in [3.8, 4) is 0 Å². The van der Waals surface area contributed by atoms with E-state index in [0.29, 0.717) is 47.4 Å². The van der Waals surface area contributed by atoms with Crippen molar-refractivity contribution in [2.24, 2.45) is 22.7 Å². The topological polar surface area (TPSA) is 221 Å². The second-order valence-electron chi connectivity index (χ2n) is 17.0. The number of aliphatic hydroxyl groups is 3. The van der Waals surface area contributed by atoms with Crippen molar-refractivity contribution in [2.45, 2.75) is 101 Å². The number of thiophene rings is 1. The number of rotatable bonds is 16. The Bertz CT molecular complexity index is 2110. The molecule has 0 unspecified atom stereocenters. The monoisotopic (exact) mass is 915 g/mol. The van der Waals surface area contributed by atoms with Gasteiger partial charge in [0, 0.05) is 58.3 Å². The van der Waals surface area contributed by atoms with Gasteiger partial charge >= 0.3 is 5.97 Å². The average Bonchev–Trinajstić information content (AvgIpc) is 3.91. The lowest BCUT2D eigenvalue weighted by molar-refractivity contribution is -0.231. The van der Waals surface area contributed by atoms with Crippen molar-refractivity contribution < 1.29 is 58.3 Å². The third-order valence-electron chi connectivity index (χ3n) is 13.8. The number of hydrogen-bond acceptors (Lipinski definition) is 12. The number of hydrogen-bond donors (Lipinski definition) is 7. The molecular formula is C43H51BrFN3O11S. The Hall–Kier alpha value is -3.84. The highest BCUT2D eigenvalue weighted by atomic mass is 79.9. The Kier molecular flexibility index (Phi) is 12.6. The second-order valence-corrected chi connectivity index (χ2v) is 18.8. The molecule has 7 N–H and O–H groups in total. The first-order valence-electron chi connectivity index (χ1n) is 20.2. The van der Waals surface area contributed by atoms with Crippen LogP contribution < -0.4 is 16.0 Å². The van der Waals surface area contributed by atoms with Crippen molar-refractivity contribution in [3.63, 3.8) is 0 Å². The number of aliphatic carboxylic acids is 1. The highest BCUT2D eigenvalue weighted by Crippen LogP contribution is 2.72. The fourth-order valence-electron chi connectivity index (χ4n) is 10.8. The molecule has 4 aliphatic carbocycles. The molecule has 4 fully saturated rings. The predicted molar refractivity (Wildman–Crippen MR) is 221 cm³/mol. The molecule has 60 heavy (non-hydrogen) atoms. The molecule has 2 aromatic rings. The number of nitrogens with one attached hydrogen (secondary N) is 3. The van der Waals surface area contributed by atoms with Crippen LogP contribution in [0.4, 0.5) is 10.1 Å². The van der Waals surface area contributed by atoms with Crippen molar-refractivity contribution >= 4 is 62.3 Å². The van der Waals surface area contributed by atoms with E-state index in [0.717, 1.165) is 10.4 Å². The van der Waals surface area contributed by atoms with Crippen LogP contribution in [0.25, 0.3) is 0 Å². The molecule has 3 saturated carbocycles. The smallest absolute Gasteiger partial charge is 0.303 e. The molecule has 324 valence electrons. The number of carboxylic acids is 1. The van der Waals surface area contributed by atoms with E-state index in [1.807, 2.05) is 31.2 Å². The fourth-order valence-corrected chi connectivity index (χ4v) is 12.1. The summed E-state index contributed by atoms with van der Waals surface area (Å²) in [6.45, 7) is 2.39. The van der Waals surface area contributed by atoms with Gasteiger partial charge in [-0.05, 0) is 80.9 Å². The molecule has 0 bridgehead atoms. The fraction of sp³-hybridized carbons (Fsp3) is 0.558. The van der Waals surface area contributed by atoms with Crippen LogP contribution in [0.15, 0.2) is 54.1 Å². The molecule has 0 radical (unpaired) electrons. The number of Topliss-reactive ketones (excluding diaryl/α,β-unsaturated/α-hetero) is 1. The Morgan fingerprint density at radius 3 is 2.60 bits per heavy atom. The van der Waals surface area contributed by atoms with E-state index >= 15 is 4.39 Å². The van der Waals surface area contributed by atoms with Crippen LogP contribution in [0.1, 0.15) is 79.5 Å². The summed E-state index contributed by atoms with van der Waals surface area (Å²) in [4.78, 5) is 63.0. The Morgan fingerprint density at radius 1 is 1.10 bits per heavy atom. The number of carboxylic acid groups (broad SMARTS) is 1. The summed E-state index contributed by atoms with van der Waals surface area (Å²) in [7, 11) is 0. The normalized spacial score (nSPS) is 33.1. The maximum Gasteiger partial charge on any atom is 0.303 e. The van der Waals surface area contributed by atoms with Crippen molar-refractivity contribution in [1.29, 1.82) is 0 Å². The van der Waals surface area contributed by atoms with E-state index in [-0.39, 0.29) is 56.0 Å². The number of carbonyl (C=O) groups is 5. The van der Waals surface area contributed by atoms with E-state index in [9.17, 15) is 44.4 Å². The van der Waals surface area contributed by atoms with Gasteiger partial charge in [-0.15, -0.1) is 11.3 Å². The van der Waals surface area contributed by atoms with Crippen LogP contribution in [0.2, 0.25) is 0 Å². The molecule has 2 heterocycles. The van der Waals surface area contributed by atoms with E-state index in [2.05, 4.69) is 31.9 Å². The number of carbonyl (C=O) groups excluding carboxylic acids is 4. The summed E-state index contributed by atoms with van der Waals surface area (Å²) < 4.78 is 31.0. The van der Waals surface area contributed by atoms with Gasteiger partial charge in [0.15, 0.2) is 29.1 Å². The third kappa shape index (κ3) is 7.57. The number of allylic oxidation sites excluding steroid dienone is 4. The lowest BCUT2D eigenvalue weighted by Gasteiger charge is -2.62. The van der Waals surface area contributed by atoms with E-state index in [4.69, 9.17) is 9.47 Å². The minimum absolute atomic E-state index is 0.0386. The number of fused-ring (bicyclic) bond motifs is 7. The summed E-state index contributed by atoms with van der Waals surface area (Å²) in [5.74, 6) is -3.70. The largest absolute Gasteiger partial charge is 0.481 e. The van der Waals surface area contributed by atoms with Gasteiger partial charge in [0.05, 0.1) is 35.6 Å². The molecule has 2 amide bonds. The average molecular weight is 917 g/mol. The minimum Gasteiger partial charge on any atom is -0.481 e.